The Morgan fingerprint density at radius 1 is 1.24 bits per heavy atom. The van der Waals surface area contributed by atoms with Crippen molar-refractivity contribution in [3.05, 3.63) is 90.0 Å². The average molecular weight is 330 g/mol. The molecule has 2 aromatic rings. The molecule has 0 saturated carbocycles. The molecular weight excluding hydrogens is 308 g/mol. The van der Waals surface area contributed by atoms with Crippen molar-refractivity contribution in [2.45, 2.75) is 20.8 Å². The van der Waals surface area contributed by atoms with Gasteiger partial charge in [-0.15, -0.1) is 0 Å². The van der Waals surface area contributed by atoms with E-state index in [1.807, 2.05) is 48.4 Å². The van der Waals surface area contributed by atoms with Crippen molar-refractivity contribution in [2.24, 2.45) is 4.99 Å². The molecule has 0 spiro atoms. The first-order chi connectivity index (χ1) is 12.1. The van der Waals surface area contributed by atoms with Crippen molar-refractivity contribution in [1.29, 1.82) is 0 Å². The van der Waals surface area contributed by atoms with Gasteiger partial charge in [0.05, 0.1) is 0 Å². The molecule has 126 valence electrons. The van der Waals surface area contributed by atoms with Crippen molar-refractivity contribution >= 4 is 17.3 Å². The molecule has 1 aromatic heterocycles. The number of aromatic nitrogens is 1. The van der Waals surface area contributed by atoms with Crippen LogP contribution in [0.1, 0.15) is 18.1 Å². The number of pyridine rings is 1. The highest BCUT2D eigenvalue weighted by molar-refractivity contribution is 6.15. The molecule has 1 N–H and O–H groups in total. The lowest BCUT2D eigenvalue weighted by Gasteiger charge is -2.18. The molecule has 4 heteroatoms. The number of hydrogen-bond acceptors (Lipinski definition) is 3. The molecule has 0 saturated heterocycles. The minimum Gasteiger partial charge on any atom is -0.340 e. The van der Waals surface area contributed by atoms with E-state index in [-0.39, 0.29) is 0 Å². The van der Waals surface area contributed by atoms with Crippen LogP contribution in [0.5, 0.6) is 0 Å². The number of aliphatic imine (C=N–C) groups is 1. The lowest BCUT2D eigenvalue weighted by atomic mass is 10.1. The molecule has 0 atom stereocenters. The van der Waals surface area contributed by atoms with Crippen molar-refractivity contribution < 1.29 is 0 Å². The third-order valence-corrected chi connectivity index (χ3v) is 4.01. The van der Waals surface area contributed by atoms with E-state index in [2.05, 4.69) is 48.9 Å². The molecule has 2 heterocycles. The van der Waals surface area contributed by atoms with Crippen LogP contribution in [0.3, 0.4) is 0 Å². The summed E-state index contributed by atoms with van der Waals surface area (Å²) in [5.74, 6) is 2.23. The molecule has 0 unspecified atom stereocenters. The van der Waals surface area contributed by atoms with Crippen LogP contribution in [0.4, 0.5) is 11.5 Å². The first-order valence-corrected chi connectivity index (χ1v) is 8.25. The van der Waals surface area contributed by atoms with Gasteiger partial charge in [0.25, 0.3) is 0 Å². The summed E-state index contributed by atoms with van der Waals surface area (Å²) in [6.45, 7) is 10.2. The van der Waals surface area contributed by atoms with Gasteiger partial charge in [-0.25, -0.2) is 9.98 Å². The maximum atomic E-state index is 4.72. The van der Waals surface area contributed by atoms with Gasteiger partial charge in [-0.05, 0) is 56.2 Å². The SMILES string of the molecule is C=C(/N=C1\C(=C/C)C=CN1c1ccccn1)Nc1cc(C)ccc1C. The molecule has 4 nitrogen and oxygen atoms in total. The Morgan fingerprint density at radius 2 is 2.08 bits per heavy atom. The normalized spacial score (nSPS) is 16.7. The highest BCUT2D eigenvalue weighted by Crippen LogP contribution is 2.24. The summed E-state index contributed by atoms with van der Waals surface area (Å²) in [6, 6.07) is 12.1. The Hall–Kier alpha value is -3.14. The smallest absolute Gasteiger partial charge is 0.147 e. The predicted octanol–water partition coefficient (Wildman–Crippen LogP) is 4.96. The molecule has 25 heavy (non-hydrogen) atoms. The second-order valence-corrected chi connectivity index (χ2v) is 5.94. The second kappa shape index (κ2) is 7.18. The quantitative estimate of drug-likeness (QED) is 0.861. The third kappa shape index (κ3) is 3.69. The molecule has 1 aliphatic heterocycles. The fourth-order valence-corrected chi connectivity index (χ4v) is 2.65. The molecule has 0 bridgehead atoms. The van der Waals surface area contributed by atoms with Crippen molar-refractivity contribution in [2.75, 3.05) is 10.2 Å². The van der Waals surface area contributed by atoms with Crippen LogP contribution >= 0.6 is 0 Å². The Balaban J connectivity index is 1.89. The van der Waals surface area contributed by atoms with Crippen LogP contribution in [0.2, 0.25) is 0 Å². The van der Waals surface area contributed by atoms with Crippen LogP contribution in [-0.2, 0) is 0 Å². The zero-order chi connectivity index (χ0) is 17.8. The number of rotatable bonds is 4. The summed E-state index contributed by atoms with van der Waals surface area (Å²) in [4.78, 5) is 11.1. The summed E-state index contributed by atoms with van der Waals surface area (Å²) in [5, 5.41) is 3.31. The number of benzene rings is 1. The van der Waals surface area contributed by atoms with Gasteiger partial charge < -0.3 is 5.32 Å². The van der Waals surface area contributed by atoms with E-state index in [0.717, 1.165) is 28.5 Å². The molecule has 3 rings (SSSR count). The third-order valence-electron chi connectivity index (χ3n) is 4.01. The summed E-state index contributed by atoms with van der Waals surface area (Å²) < 4.78 is 0. The van der Waals surface area contributed by atoms with Gasteiger partial charge in [0, 0.05) is 23.7 Å². The Bertz CT molecular complexity index is 876. The van der Waals surface area contributed by atoms with Gasteiger partial charge in [-0.1, -0.05) is 30.9 Å². The lowest BCUT2D eigenvalue weighted by molar-refractivity contribution is 1.20. The zero-order valence-corrected chi connectivity index (χ0v) is 14.8. The van der Waals surface area contributed by atoms with E-state index in [1.165, 1.54) is 5.56 Å². The van der Waals surface area contributed by atoms with E-state index in [9.17, 15) is 0 Å². The summed E-state index contributed by atoms with van der Waals surface area (Å²) >= 11 is 0. The fraction of sp³-hybridized carbons (Fsp3) is 0.143. The number of amidine groups is 1. The largest absolute Gasteiger partial charge is 0.340 e. The number of hydrogen-bond donors (Lipinski definition) is 1. The number of nitrogens with zero attached hydrogens (tertiary/aromatic N) is 3. The Kier molecular flexibility index (Phi) is 4.80. The standard InChI is InChI=1S/C21H22N4/c1-5-18-11-13-25(20-8-6-7-12-22-20)21(18)24-17(4)23-19-14-15(2)9-10-16(19)3/h5-14,23H,4H2,1-3H3/b18-5-,24-21+. The van der Waals surface area contributed by atoms with Crippen molar-refractivity contribution in [3.8, 4) is 0 Å². The van der Waals surface area contributed by atoms with Crippen LogP contribution in [0, 0.1) is 13.8 Å². The van der Waals surface area contributed by atoms with Crippen molar-refractivity contribution in [3.63, 3.8) is 0 Å². The van der Waals surface area contributed by atoms with Gasteiger partial charge in [-0.2, -0.15) is 0 Å². The van der Waals surface area contributed by atoms with Gasteiger partial charge in [-0.3, -0.25) is 4.90 Å². The van der Waals surface area contributed by atoms with E-state index in [4.69, 9.17) is 4.99 Å². The van der Waals surface area contributed by atoms with Crippen LogP contribution in [-0.4, -0.2) is 10.8 Å². The molecule has 0 aliphatic carbocycles. The van der Waals surface area contributed by atoms with Gasteiger partial charge in [0.15, 0.2) is 0 Å². The summed E-state index contributed by atoms with van der Waals surface area (Å²) in [5.41, 5.74) is 4.41. The lowest BCUT2D eigenvalue weighted by Crippen LogP contribution is -2.23. The summed E-state index contributed by atoms with van der Waals surface area (Å²) in [7, 11) is 0. The molecule has 1 aromatic carbocycles. The number of aryl methyl sites for hydroxylation is 2. The maximum absolute atomic E-state index is 4.72. The highest BCUT2D eigenvalue weighted by atomic mass is 15.3. The van der Waals surface area contributed by atoms with Crippen molar-refractivity contribution in [1.82, 2.24) is 4.98 Å². The first kappa shape index (κ1) is 16.7. The van der Waals surface area contributed by atoms with E-state index in [1.54, 1.807) is 6.20 Å². The first-order valence-electron chi connectivity index (χ1n) is 8.25. The molecular formula is C21H22N4. The predicted molar refractivity (Wildman–Crippen MR) is 106 cm³/mol. The van der Waals surface area contributed by atoms with E-state index >= 15 is 0 Å². The van der Waals surface area contributed by atoms with Crippen LogP contribution in [0.15, 0.2) is 83.9 Å². The topological polar surface area (TPSA) is 40.5 Å². The molecule has 0 amide bonds. The monoisotopic (exact) mass is 330 g/mol. The average Bonchev–Trinajstić information content (AvgIpc) is 3.01. The Morgan fingerprint density at radius 3 is 2.80 bits per heavy atom. The second-order valence-electron chi connectivity index (χ2n) is 5.94. The Labute approximate surface area is 148 Å². The number of allylic oxidation sites excluding steroid dienone is 1. The van der Waals surface area contributed by atoms with Gasteiger partial charge >= 0.3 is 0 Å². The van der Waals surface area contributed by atoms with E-state index < -0.39 is 0 Å². The maximum Gasteiger partial charge on any atom is 0.147 e. The minimum absolute atomic E-state index is 0.590. The van der Waals surface area contributed by atoms with E-state index in [0.29, 0.717) is 5.82 Å². The fourth-order valence-electron chi connectivity index (χ4n) is 2.65. The molecule has 0 radical (unpaired) electrons. The molecule has 0 fully saturated rings. The summed E-state index contributed by atoms with van der Waals surface area (Å²) in [6.07, 6.45) is 7.81. The van der Waals surface area contributed by atoms with Gasteiger partial charge in [0.2, 0.25) is 0 Å². The van der Waals surface area contributed by atoms with Crippen LogP contribution < -0.4 is 10.2 Å². The number of nitrogens with one attached hydrogen (secondary N) is 1. The number of anilines is 2. The highest BCUT2D eigenvalue weighted by Gasteiger charge is 2.20. The van der Waals surface area contributed by atoms with Gasteiger partial charge in [0.1, 0.15) is 17.5 Å². The molecule has 1 aliphatic rings. The minimum atomic E-state index is 0.590. The van der Waals surface area contributed by atoms with Crippen LogP contribution in [0.25, 0.3) is 0 Å². The zero-order valence-electron chi connectivity index (χ0n) is 14.8.